The third kappa shape index (κ3) is 5.81. The molecule has 0 radical (unpaired) electrons. The number of carbonyl (C=O) groups is 1. The smallest absolute Gasteiger partial charge is 0.162 e. The number of ketones is 1. The Morgan fingerprint density at radius 1 is 1.06 bits per heavy atom. The normalized spacial score (nSPS) is 10.6. The highest BCUT2D eigenvalue weighted by Crippen LogP contribution is 2.12. The second-order valence-electron chi connectivity index (χ2n) is 4.72. The van der Waals surface area contributed by atoms with E-state index in [0.29, 0.717) is 6.42 Å². The fraction of sp³-hybridized carbons (Fsp3) is 0.562. The Labute approximate surface area is 119 Å². The average Bonchev–Trinajstić information content (AvgIpc) is 2.40. The van der Waals surface area contributed by atoms with Gasteiger partial charge in [0.05, 0.1) is 0 Å². The number of carbonyl (C=O) groups excluding carboxylic acids is 1. The Morgan fingerprint density at radius 3 is 2.39 bits per heavy atom. The first-order chi connectivity index (χ1) is 8.77. The van der Waals surface area contributed by atoms with E-state index in [4.69, 9.17) is 0 Å². The van der Waals surface area contributed by atoms with Crippen LogP contribution in [0.1, 0.15) is 61.4 Å². The molecular weight excluding hydrogens is 288 g/mol. The van der Waals surface area contributed by atoms with Gasteiger partial charge in [0.1, 0.15) is 0 Å². The van der Waals surface area contributed by atoms with Crippen molar-refractivity contribution in [3.05, 3.63) is 35.4 Å². The van der Waals surface area contributed by atoms with E-state index in [1.807, 2.05) is 12.1 Å². The molecule has 0 atom stereocenters. The summed E-state index contributed by atoms with van der Waals surface area (Å²) in [5, 5.41) is 0.983. The molecule has 0 N–H and O–H groups in total. The Morgan fingerprint density at radius 2 is 1.78 bits per heavy atom. The molecule has 18 heavy (non-hydrogen) atoms. The maximum Gasteiger partial charge on any atom is 0.162 e. The lowest BCUT2D eigenvalue weighted by atomic mass is 10.0. The zero-order valence-corrected chi connectivity index (χ0v) is 12.8. The molecule has 0 aromatic heterocycles. The maximum atomic E-state index is 11.9. The van der Waals surface area contributed by atoms with Crippen molar-refractivity contribution in [2.45, 2.75) is 51.9 Å². The predicted octanol–water partition coefficient (Wildman–Crippen LogP) is 5.17. The van der Waals surface area contributed by atoms with Crippen molar-refractivity contribution < 1.29 is 4.79 Å². The third-order valence-electron chi connectivity index (χ3n) is 3.13. The number of rotatable bonds is 9. The second kappa shape index (κ2) is 9.32. The molecule has 0 spiro atoms. The number of alkyl halides is 1. The third-order valence-corrected chi connectivity index (χ3v) is 3.69. The molecule has 0 heterocycles. The lowest BCUT2D eigenvalue weighted by molar-refractivity contribution is 0.0980. The van der Waals surface area contributed by atoms with E-state index in [1.54, 1.807) is 0 Å². The Balaban J connectivity index is 2.41. The maximum absolute atomic E-state index is 11.9. The first-order valence-corrected chi connectivity index (χ1v) is 8.08. The summed E-state index contributed by atoms with van der Waals surface area (Å²) in [5.74, 6) is 0.274. The van der Waals surface area contributed by atoms with E-state index < -0.39 is 0 Å². The zero-order valence-electron chi connectivity index (χ0n) is 11.3. The van der Waals surface area contributed by atoms with Crippen LogP contribution in [-0.4, -0.2) is 11.1 Å². The fourth-order valence-corrected chi connectivity index (χ4v) is 2.36. The van der Waals surface area contributed by atoms with Crippen molar-refractivity contribution in [3.63, 3.8) is 0 Å². The number of halogens is 1. The van der Waals surface area contributed by atoms with Crippen molar-refractivity contribution >= 4 is 21.7 Å². The first-order valence-electron chi connectivity index (χ1n) is 6.96. The number of unbranched alkanes of at least 4 members (excludes halogenated alkanes) is 3. The molecule has 0 aliphatic carbocycles. The molecule has 0 bridgehead atoms. The average molecular weight is 311 g/mol. The minimum atomic E-state index is 0.274. The highest BCUT2D eigenvalue weighted by molar-refractivity contribution is 9.09. The quantitative estimate of drug-likeness (QED) is 0.349. The second-order valence-corrected chi connectivity index (χ2v) is 5.52. The molecule has 1 aromatic carbocycles. The highest BCUT2D eigenvalue weighted by Gasteiger charge is 2.05. The van der Waals surface area contributed by atoms with Gasteiger partial charge >= 0.3 is 0 Å². The molecule has 1 rings (SSSR count). The van der Waals surface area contributed by atoms with Crippen LogP contribution in [0.25, 0.3) is 0 Å². The minimum absolute atomic E-state index is 0.274. The molecule has 0 unspecified atom stereocenters. The predicted molar refractivity (Wildman–Crippen MR) is 81.6 cm³/mol. The van der Waals surface area contributed by atoms with E-state index in [0.717, 1.165) is 30.2 Å². The van der Waals surface area contributed by atoms with E-state index in [9.17, 15) is 4.79 Å². The number of hydrogen-bond acceptors (Lipinski definition) is 1. The van der Waals surface area contributed by atoms with Crippen LogP contribution in [0.3, 0.4) is 0 Å². The lowest BCUT2D eigenvalue weighted by Gasteiger charge is -2.03. The van der Waals surface area contributed by atoms with E-state index in [-0.39, 0.29) is 5.78 Å². The van der Waals surface area contributed by atoms with Gasteiger partial charge in [-0.3, -0.25) is 4.79 Å². The Hall–Kier alpha value is -0.630. The molecule has 0 amide bonds. The standard InChI is InChI=1S/C16H23BrO/c1-2-3-4-7-14-9-11-15(12-10-14)16(18)8-5-6-13-17/h9-12H,2-8,13H2,1H3. The van der Waals surface area contributed by atoms with Crippen LogP contribution < -0.4 is 0 Å². The molecule has 2 heteroatoms. The van der Waals surface area contributed by atoms with Crippen LogP contribution in [0.4, 0.5) is 0 Å². The van der Waals surface area contributed by atoms with Crippen molar-refractivity contribution in [2.24, 2.45) is 0 Å². The number of aryl methyl sites for hydroxylation is 1. The zero-order chi connectivity index (χ0) is 13.2. The molecule has 100 valence electrons. The topological polar surface area (TPSA) is 17.1 Å². The van der Waals surface area contributed by atoms with Crippen molar-refractivity contribution in [1.82, 2.24) is 0 Å². The molecule has 1 aromatic rings. The van der Waals surface area contributed by atoms with Gasteiger partial charge in [0.15, 0.2) is 5.78 Å². The summed E-state index contributed by atoms with van der Waals surface area (Å²) in [5.41, 5.74) is 2.21. The lowest BCUT2D eigenvalue weighted by Crippen LogP contribution is -1.99. The van der Waals surface area contributed by atoms with Crippen LogP contribution >= 0.6 is 15.9 Å². The molecule has 1 nitrogen and oxygen atoms in total. The Kier molecular flexibility index (Phi) is 7.99. The van der Waals surface area contributed by atoms with Gasteiger partial charge in [0, 0.05) is 17.3 Å². The summed E-state index contributed by atoms with van der Waals surface area (Å²) in [4.78, 5) is 11.9. The number of Topliss-reactive ketones (excluding diaryl/α,β-unsaturated/α-hetero) is 1. The van der Waals surface area contributed by atoms with Gasteiger partial charge in [-0.15, -0.1) is 0 Å². The van der Waals surface area contributed by atoms with Gasteiger partial charge in [0.25, 0.3) is 0 Å². The highest BCUT2D eigenvalue weighted by atomic mass is 79.9. The summed E-state index contributed by atoms with van der Waals surface area (Å²) in [7, 11) is 0. The number of benzene rings is 1. The van der Waals surface area contributed by atoms with Gasteiger partial charge < -0.3 is 0 Å². The molecule has 0 saturated carbocycles. The van der Waals surface area contributed by atoms with Gasteiger partial charge in [-0.2, -0.15) is 0 Å². The number of hydrogen-bond donors (Lipinski definition) is 0. The summed E-state index contributed by atoms with van der Waals surface area (Å²) >= 11 is 3.38. The van der Waals surface area contributed by atoms with Crippen LogP contribution in [-0.2, 0) is 6.42 Å². The summed E-state index contributed by atoms with van der Waals surface area (Å²) in [6, 6.07) is 8.18. The molecule has 0 aliphatic heterocycles. The largest absolute Gasteiger partial charge is 0.294 e. The summed E-state index contributed by atoms with van der Waals surface area (Å²) < 4.78 is 0. The van der Waals surface area contributed by atoms with Crippen molar-refractivity contribution in [2.75, 3.05) is 5.33 Å². The van der Waals surface area contributed by atoms with Gasteiger partial charge in [-0.25, -0.2) is 0 Å². The van der Waals surface area contributed by atoms with Crippen molar-refractivity contribution in [3.8, 4) is 0 Å². The SMILES string of the molecule is CCCCCc1ccc(C(=O)CCCCBr)cc1. The van der Waals surface area contributed by atoms with Crippen LogP contribution in [0.2, 0.25) is 0 Å². The minimum Gasteiger partial charge on any atom is -0.294 e. The molecule has 0 fully saturated rings. The van der Waals surface area contributed by atoms with Crippen LogP contribution in [0, 0.1) is 0 Å². The monoisotopic (exact) mass is 310 g/mol. The summed E-state index contributed by atoms with van der Waals surface area (Å²) in [6.07, 6.45) is 7.63. The molecular formula is C16H23BrO. The van der Waals surface area contributed by atoms with Crippen molar-refractivity contribution in [1.29, 1.82) is 0 Å². The Bertz CT molecular complexity index is 343. The molecule has 0 aliphatic rings. The van der Waals surface area contributed by atoms with Gasteiger partial charge in [-0.05, 0) is 31.2 Å². The van der Waals surface area contributed by atoms with Gasteiger partial charge in [0.2, 0.25) is 0 Å². The van der Waals surface area contributed by atoms with Gasteiger partial charge in [-0.1, -0.05) is 60.0 Å². The van der Waals surface area contributed by atoms with E-state index in [2.05, 4.69) is 35.0 Å². The summed E-state index contributed by atoms with van der Waals surface area (Å²) in [6.45, 7) is 2.22. The van der Waals surface area contributed by atoms with E-state index in [1.165, 1.54) is 24.8 Å². The van der Waals surface area contributed by atoms with Crippen LogP contribution in [0.5, 0.6) is 0 Å². The fourth-order valence-electron chi connectivity index (χ4n) is 1.96. The molecule has 0 saturated heterocycles. The van der Waals surface area contributed by atoms with E-state index >= 15 is 0 Å². The van der Waals surface area contributed by atoms with Crippen LogP contribution in [0.15, 0.2) is 24.3 Å². The first kappa shape index (κ1) is 15.4.